The lowest BCUT2D eigenvalue weighted by Gasteiger charge is -2.18. The number of unbranched alkanes of at least 4 members (excludes halogenated alkanes) is 3. The van der Waals surface area contributed by atoms with Crippen LogP contribution in [0.1, 0.15) is 57.5 Å². The first kappa shape index (κ1) is 16.4. The van der Waals surface area contributed by atoms with E-state index in [1.807, 2.05) is 0 Å². The summed E-state index contributed by atoms with van der Waals surface area (Å²) in [5, 5.41) is 8.74. The summed E-state index contributed by atoms with van der Waals surface area (Å²) in [4.78, 5) is 25.1. The van der Waals surface area contributed by atoms with Gasteiger partial charge in [0.25, 0.3) is 0 Å². The predicted molar refractivity (Wildman–Crippen MR) is 90.8 cm³/mol. The summed E-state index contributed by atoms with van der Waals surface area (Å²) in [6, 6.07) is 12.0. The molecule has 2 aromatic rings. The zero-order chi connectivity index (χ0) is 16.9. The molecule has 0 spiro atoms. The van der Waals surface area contributed by atoms with Crippen LogP contribution in [0.4, 0.5) is 0 Å². The van der Waals surface area contributed by atoms with Crippen molar-refractivity contribution < 1.29 is 19.4 Å². The van der Waals surface area contributed by atoms with Gasteiger partial charge in [0, 0.05) is 28.9 Å². The number of benzene rings is 2. The highest BCUT2D eigenvalue weighted by Crippen LogP contribution is 2.29. The number of carbonyl (C=O) groups is 2. The molecule has 1 aliphatic rings. The molecule has 0 aromatic heterocycles. The van der Waals surface area contributed by atoms with Gasteiger partial charge in [0.05, 0.1) is 6.61 Å². The lowest BCUT2D eigenvalue weighted by atomic mass is 9.84. The van der Waals surface area contributed by atoms with Crippen molar-refractivity contribution in [2.45, 2.75) is 25.7 Å². The monoisotopic (exact) mass is 324 g/mol. The number of fused-ring (bicyclic) bond motifs is 2. The fourth-order valence-electron chi connectivity index (χ4n) is 2.93. The Kier molecular flexibility index (Phi) is 5.06. The van der Waals surface area contributed by atoms with E-state index >= 15 is 0 Å². The van der Waals surface area contributed by atoms with Crippen LogP contribution in [0.2, 0.25) is 0 Å². The predicted octanol–water partition coefficient (Wildman–Crippen LogP) is 3.39. The van der Waals surface area contributed by atoms with Crippen molar-refractivity contribution in [2.75, 3.05) is 13.2 Å². The second-order valence-corrected chi connectivity index (χ2v) is 5.90. The van der Waals surface area contributed by atoms with Crippen molar-refractivity contribution in [2.24, 2.45) is 0 Å². The molecular weight excluding hydrogens is 304 g/mol. The summed E-state index contributed by atoms with van der Waals surface area (Å²) in [6.07, 6.45) is 3.69. The van der Waals surface area contributed by atoms with E-state index < -0.39 is 0 Å². The van der Waals surface area contributed by atoms with E-state index in [1.165, 1.54) is 0 Å². The van der Waals surface area contributed by atoms with E-state index in [4.69, 9.17) is 9.84 Å². The topological polar surface area (TPSA) is 63.6 Å². The quantitative estimate of drug-likeness (QED) is 0.677. The molecule has 1 N–H and O–H groups in total. The SMILES string of the molecule is O=C1c2ccccc2C(=O)c2cc(OCCCCCCO)ccc21. The lowest BCUT2D eigenvalue weighted by Crippen LogP contribution is -2.20. The van der Waals surface area contributed by atoms with Crippen molar-refractivity contribution in [3.05, 3.63) is 64.7 Å². The van der Waals surface area contributed by atoms with Crippen LogP contribution >= 0.6 is 0 Å². The van der Waals surface area contributed by atoms with Crippen LogP contribution in [-0.2, 0) is 0 Å². The van der Waals surface area contributed by atoms with Crippen molar-refractivity contribution >= 4 is 11.6 Å². The highest BCUT2D eigenvalue weighted by molar-refractivity contribution is 6.28. The van der Waals surface area contributed by atoms with Crippen molar-refractivity contribution in [1.29, 1.82) is 0 Å². The van der Waals surface area contributed by atoms with Crippen LogP contribution < -0.4 is 4.74 Å². The molecule has 24 heavy (non-hydrogen) atoms. The second-order valence-electron chi connectivity index (χ2n) is 5.90. The highest BCUT2D eigenvalue weighted by atomic mass is 16.5. The smallest absolute Gasteiger partial charge is 0.194 e. The van der Waals surface area contributed by atoms with Gasteiger partial charge in [-0.25, -0.2) is 0 Å². The number of ether oxygens (including phenoxy) is 1. The second kappa shape index (κ2) is 7.41. The number of rotatable bonds is 7. The van der Waals surface area contributed by atoms with Crippen molar-refractivity contribution in [3.63, 3.8) is 0 Å². The zero-order valence-electron chi connectivity index (χ0n) is 13.5. The average Bonchev–Trinajstić information content (AvgIpc) is 2.62. The lowest BCUT2D eigenvalue weighted by molar-refractivity contribution is 0.0978. The molecule has 0 amide bonds. The Hall–Kier alpha value is -2.46. The van der Waals surface area contributed by atoms with E-state index in [2.05, 4.69) is 0 Å². The fourth-order valence-corrected chi connectivity index (χ4v) is 2.93. The number of ketones is 2. The molecule has 0 atom stereocenters. The van der Waals surface area contributed by atoms with E-state index in [1.54, 1.807) is 42.5 Å². The van der Waals surface area contributed by atoms with Gasteiger partial charge in [0.15, 0.2) is 11.6 Å². The van der Waals surface area contributed by atoms with Gasteiger partial charge in [-0.3, -0.25) is 9.59 Å². The highest BCUT2D eigenvalue weighted by Gasteiger charge is 2.29. The maximum atomic E-state index is 12.6. The molecule has 2 aromatic carbocycles. The standard InChI is InChI=1S/C20H20O4/c21-11-5-1-2-6-12-24-14-9-10-17-18(13-14)20(23)16-8-4-3-7-15(16)19(17)22/h3-4,7-10,13,21H,1-2,5-6,11-12H2. The average molecular weight is 324 g/mol. The molecule has 0 saturated carbocycles. The third-order valence-electron chi connectivity index (χ3n) is 4.22. The maximum absolute atomic E-state index is 12.6. The summed E-state index contributed by atoms with van der Waals surface area (Å²) in [5.41, 5.74) is 1.77. The van der Waals surface area contributed by atoms with Gasteiger partial charge in [-0.05, 0) is 37.5 Å². The minimum Gasteiger partial charge on any atom is -0.494 e. The number of aliphatic hydroxyl groups excluding tert-OH is 1. The molecule has 4 nitrogen and oxygen atoms in total. The molecule has 3 rings (SSSR count). The van der Waals surface area contributed by atoms with Crippen LogP contribution in [0.5, 0.6) is 5.75 Å². The molecule has 4 heteroatoms. The Balaban J connectivity index is 1.72. The minimum atomic E-state index is -0.131. The van der Waals surface area contributed by atoms with Gasteiger partial charge in [0.2, 0.25) is 0 Å². The Morgan fingerprint density at radius 1 is 0.750 bits per heavy atom. The number of carbonyl (C=O) groups excluding carboxylic acids is 2. The van der Waals surface area contributed by atoms with Gasteiger partial charge in [-0.15, -0.1) is 0 Å². The van der Waals surface area contributed by atoms with E-state index in [9.17, 15) is 9.59 Å². The summed E-state index contributed by atoms with van der Waals surface area (Å²) < 4.78 is 5.70. The van der Waals surface area contributed by atoms with Crippen LogP contribution in [0, 0.1) is 0 Å². The Morgan fingerprint density at radius 2 is 1.38 bits per heavy atom. The molecule has 0 aliphatic heterocycles. The van der Waals surface area contributed by atoms with Gasteiger partial charge in [-0.2, -0.15) is 0 Å². The number of aliphatic hydroxyl groups is 1. The molecule has 124 valence electrons. The molecule has 0 radical (unpaired) electrons. The summed E-state index contributed by atoms with van der Waals surface area (Å²) in [5.74, 6) is 0.362. The normalized spacial score (nSPS) is 12.7. The first-order valence-corrected chi connectivity index (χ1v) is 8.28. The van der Waals surface area contributed by atoms with Gasteiger partial charge >= 0.3 is 0 Å². The first-order valence-electron chi connectivity index (χ1n) is 8.28. The summed E-state index contributed by atoms with van der Waals surface area (Å²) in [6.45, 7) is 0.784. The van der Waals surface area contributed by atoms with Crippen LogP contribution in [0.25, 0.3) is 0 Å². The zero-order valence-corrected chi connectivity index (χ0v) is 13.5. The number of hydrogen-bond donors (Lipinski definition) is 1. The Labute approximate surface area is 141 Å². The molecular formula is C20H20O4. The first-order chi connectivity index (χ1) is 11.7. The van der Waals surface area contributed by atoms with Crippen LogP contribution in [0.3, 0.4) is 0 Å². The van der Waals surface area contributed by atoms with Crippen LogP contribution in [-0.4, -0.2) is 29.9 Å². The van der Waals surface area contributed by atoms with Crippen molar-refractivity contribution in [1.82, 2.24) is 0 Å². The Bertz CT molecular complexity index is 764. The molecule has 0 fully saturated rings. The number of hydrogen-bond acceptors (Lipinski definition) is 4. The minimum absolute atomic E-state index is 0.115. The van der Waals surface area contributed by atoms with E-state index in [-0.39, 0.29) is 18.2 Å². The molecule has 0 heterocycles. The van der Waals surface area contributed by atoms with Crippen molar-refractivity contribution in [3.8, 4) is 5.75 Å². The molecule has 0 saturated heterocycles. The molecule has 0 bridgehead atoms. The summed E-state index contributed by atoms with van der Waals surface area (Å²) in [7, 11) is 0. The maximum Gasteiger partial charge on any atom is 0.194 e. The van der Waals surface area contributed by atoms with Gasteiger partial charge in [-0.1, -0.05) is 30.7 Å². The van der Waals surface area contributed by atoms with E-state index in [0.29, 0.717) is 34.6 Å². The Morgan fingerprint density at radius 3 is 2.08 bits per heavy atom. The molecule has 0 unspecified atom stereocenters. The third-order valence-corrected chi connectivity index (χ3v) is 4.22. The largest absolute Gasteiger partial charge is 0.494 e. The molecule has 1 aliphatic carbocycles. The third kappa shape index (κ3) is 3.24. The van der Waals surface area contributed by atoms with Crippen LogP contribution in [0.15, 0.2) is 42.5 Å². The fraction of sp³-hybridized carbons (Fsp3) is 0.300. The van der Waals surface area contributed by atoms with E-state index in [0.717, 1.165) is 25.7 Å². The summed E-state index contributed by atoms with van der Waals surface area (Å²) >= 11 is 0. The van der Waals surface area contributed by atoms with Gasteiger partial charge < -0.3 is 9.84 Å². The van der Waals surface area contributed by atoms with Gasteiger partial charge in [0.1, 0.15) is 5.75 Å².